The molecule has 4 rings (SSSR count). The molecule has 2 aromatic carbocycles. The molecular formula is C35H53BO2. The van der Waals surface area contributed by atoms with Crippen LogP contribution in [0.3, 0.4) is 0 Å². The van der Waals surface area contributed by atoms with Gasteiger partial charge in [-0.3, -0.25) is 0 Å². The van der Waals surface area contributed by atoms with Crippen LogP contribution in [0.1, 0.15) is 143 Å². The quantitative estimate of drug-likeness (QED) is 0.173. The van der Waals surface area contributed by atoms with Crippen molar-refractivity contribution in [1.29, 1.82) is 0 Å². The van der Waals surface area contributed by atoms with E-state index in [0.717, 1.165) is 0 Å². The van der Waals surface area contributed by atoms with E-state index in [1.807, 2.05) is 0 Å². The Morgan fingerprint density at radius 1 is 0.579 bits per heavy atom. The second kappa shape index (κ2) is 12.7. The SMILES string of the molecule is CCCCCCCCC1(CCCCCCCC)c2ccccc2-c2ccc(B3OC(C)(C)C(C)(C)O3)cc21. The first-order valence-electron chi connectivity index (χ1n) is 15.9. The largest absolute Gasteiger partial charge is 0.494 e. The summed E-state index contributed by atoms with van der Waals surface area (Å²) >= 11 is 0. The van der Waals surface area contributed by atoms with Gasteiger partial charge in [0.15, 0.2) is 0 Å². The van der Waals surface area contributed by atoms with Crippen LogP contribution >= 0.6 is 0 Å². The van der Waals surface area contributed by atoms with Crippen molar-refractivity contribution in [3.8, 4) is 11.1 Å². The monoisotopic (exact) mass is 516 g/mol. The molecule has 0 aromatic heterocycles. The topological polar surface area (TPSA) is 18.5 Å². The van der Waals surface area contributed by atoms with Gasteiger partial charge in [-0.05, 0) is 68.3 Å². The van der Waals surface area contributed by atoms with Gasteiger partial charge >= 0.3 is 7.12 Å². The summed E-state index contributed by atoms with van der Waals surface area (Å²) in [7, 11) is -0.310. The van der Waals surface area contributed by atoms with E-state index in [9.17, 15) is 0 Å². The summed E-state index contributed by atoms with van der Waals surface area (Å²) in [5, 5.41) is 0. The van der Waals surface area contributed by atoms with Crippen LogP contribution in [0.15, 0.2) is 42.5 Å². The maximum Gasteiger partial charge on any atom is 0.494 e. The fraction of sp³-hybridized carbons (Fsp3) is 0.657. The molecule has 1 aliphatic carbocycles. The van der Waals surface area contributed by atoms with E-state index in [0.29, 0.717) is 0 Å². The van der Waals surface area contributed by atoms with E-state index in [2.05, 4.69) is 84.0 Å². The van der Waals surface area contributed by atoms with E-state index in [4.69, 9.17) is 9.31 Å². The van der Waals surface area contributed by atoms with E-state index >= 15 is 0 Å². The van der Waals surface area contributed by atoms with Crippen molar-refractivity contribution < 1.29 is 9.31 Å². The Balaban J connectivity index is 1.65. The highest BCUT2D eigenvalue weighted by Crippen LogP contribution is 2.54. The van der Waals surface area contributed by atoms with Crippen LogP contribution in [0.5, 0.6) is 0 Å². The summed E-state index contributed by atoms with van der Waals surface area (Å²) in [4.78, 5) is 0. The predicted molar refractivity (Wildman–Crippen MR) is 164 cm³/mol. The van der Waals surface area contributed by atoms with E-state index < -0.39 is 0 Å². The molecule has 0 amide bonds. The first kappa shape index (κ1) is 29.4. The highest BCUT2D eigenvalue weighted by atomic mass is 16.7. The molecule has 1 fully saturated rings. The van der Waals surface area contributed by atoms with Crippen LogP contribution < -0.4 is 5.46 Å². The average Bonchev–Trinajstić information content (AvgIpc) is 3.29. The fourth-order valence-electron chi connectivity index (χ4n) is 6.68. The third-order valence-corrected chi connectivity index (χ3v) is 9.73. The van der Waals surface area contributed by atoms with Gasteiger partial charge in [0.1, 0.15) is 0 Å². The van der Waals surface area contributed by atoms with Gasteiger partial charge in [-0.15, -0.1) is 0 Å². The molecule has 0 unspecified atom stereocenters. The minimum Gasteiger partial charge on any atom is -0.399 e. The van der Waals surface area contributed by atoms with Gasteiger partial charge in [0, 0.05) is 5.41 Å². The Hall–Kier alpha value is -1.58. The molecule has 38 heavy (non-hydrogen) atoms. The lowest BCUT2D eigenvalue weighted by molar-refractivity contribution is 0.00578. The zero-order chi connectivity index (χ0) is 27.2. The predicted octanol–water partition coefficient (Wildman–Crippen LogP) is 9.75. The smallest absolute Gasteiger partial charge is 0.399 e. The third-order valence-electron chi connectivity index (χ3n) is 9.73. The molecule has 0 bridgehead atoms. The second-order valence-corrected chi connectivity index (χ2v) is 13.1. The molecule has 2 nitrogen and oxygen atoms in total. The molecule has 2 aromatic rings. The van der Waals surface area contributed by atoms with Crippen LogP contribution in [-0.4, -0.2) is 18.3 Å². The molecule has 0 atom stereocenters. The molecule has 0 N–H and O–H groups in total. The van der Waals surface area contributed by atoms with Gasteiger partial charge in [-0.1, -0.05) is 133 Å². The summed E-state index contributed by atoms with van der Waals surface area (Å²) in [6.45, 7) is 13.2. The van der Waals surface area contributed by atoms with Crippen LogP contribution in [0.4, 0.5) is 0 Å². The van der Waals surface area contributed by atoms with Crippen molar-refractivity contribution in [2.75, 3.05) is 0 Å². The number of benzene rings is 2. The molecule has 1 aliphatic heterocycles. The maximum absolute atomic E-state index is 6.51. The van der Waals surface area contributed by atoms with Crippen molar-refractivity contribution in [2.45, 2.75) is 148 Å². The van der Waals surface area contributed by atoms with Crippen LogP contribution in [0.2, 0.25) is 0 Å². The van der Waals surface area contributed by atoms with E-state index in [1.165, 1.54) is 112 Å². The number of fused-ring (bicyclic) bond motifs is 3. The minimum atomic E-state index is -0.326. The number of hydrogen-bond donors (Lipinski definition) is 0. The summed E-state index contributed by atoms with van der Waals surface area (Å²) < 4.78 is 13.0. The lowest BCUT2D eigenvalue weighted by atomic mass is 9.68. The minimum absolute atomic E-state index is 0.0983. The Labute approximate surface area is 234 Å². The van der Waals surface area contributed by atoms with Crippen LogP contribution in [0, 0.1) is 0 Å². The van der Waals surface area contributed by atoms with Gasteiger partial charge in [0.2, 0.25) is 0 Å². The Morgan fingerprint density at radius 3 is 1.66 bits per heavy atom. The normalized spacial score (nSPS) is 18.5. The molecule has 0 radical (unpaired) electrons. The summed E-state index contributed by atoms with van der Waals surface area (Å²) in [5.41, 5.74) is 6.57. The molecule has 1 saturated heterocycles. The van der Waals surface area contributed by atoms with Crippen LogP contribution in [0.25, 0.3) is 11.1 Å². The molecular weight excluding hydrogens is 463 g/mol. The number of rotatable bonds is 15. The summed E-state index contributed by atoms with van der Waals surface area (Å²) in [6.07, 6.45) is 18.6. The molecule has 208 valence electrons. The van der Waals surface area contributed by atoms with E-state index in [-0.39, 0.29) is 23.7 Å². The maximum atomic E-state index is 6.51. The van der Waals surface area contributed by atoms with Crippen LogP contribution in [-0.2, 0) is 14.7 Å². The molecule has 0 spiro atoms. The fourth-order valence-corrected chi connectivity index (χ4v) is 6.68. The summed E-state index contributed by atoms with van der Waals surface area (Å²) in [6, 6.07) is 16.3. The Bertz CT molecular complexity index is 1010. The van der Waals surface area contributed by atoms with Gasteiger partial charge in [0.25, 0.3) is 0 Å². The average molecular weight is 517 g/mol. The number of hydrogen-bond acceptors (Lipinski definition) is 2. The zero-order valence-corrected chi connectivity index (χ0v) is 25.3. The molecule has 2 aliphatic rings. The molecule has 1 heterocycles. The van der Waals surface area contributed by atoms with Crippen molar-refractivity contribution in [2.24, 2.45) is 0 Å². The van der Waals surface area contributed by atoms with Gasteiger partial charge in [-0.25, -0.2) is 0 Å². The van der Waals surface area contributed by atoms with E-state index in [1.54, 1.807) is 5.56 Å². The Kier molecular flexibility index (Phi) is 9.85. The van der Waals surface area contributed by atoms with Crippen molar-refractivity contribution in [1.82, 2.24) is 0 Å². The van der Waals surface area contributed by atoms with Crippen molar-refractivity contribution in [3.05, 3.63) is 53.6 Å². The highest BCUT2D eigenvalue weighted by Gasteiger charge is 2.52. The second-order valence-electron chi connectivity index (χ2n) is 13.1. The lowest BCUT2D eigenvalue weighted by Crippen LogP contribution is -2.41. The van der Waals surface area contributed by atoms with Crippen molar-refractivity contribution >= 4 is 12.6 Å². The first-order valence-corrected chi connectivity index (χ1v) is 15.9. The zero-order valence-electron chi connectivity index (χ0n) is 25.3. The van der Waals surface area contributed by atoms with Gasteiger partial charge in [0.05, 0.1) is 11.2 Å². The third kappa shape index (κ3) is 6.10. The van der Waals surface area contributed by atoms with Crippen molar-refractivity contribution in [3.63, 3.8) is 0 Å². The number of unbranched alkanes of at least 4 members (excludes halogenated alkanes) is 10. The van der Waals surface area contributed by atoms with Gasteiger partial charge < -0.3 is 9.31 Å². The highest BCUT2D eigenvalue weighted by molar-refractivity contribution is 6.62. The lowest BCUT2D eigenvalue weighted by Gasteiger charge is -2.33. The molecule has 0 saturated carbocycles. The standard InChI is InChI=1S/C35H53BO2/c1-7-9-11-13-15-19-25-35(26-20-16-14-12-10-8-2)31-22-18-17-21-29(31)30-24-23-28(27-32(30)35)36-37-33(3,4)34(5,6)38-36/h17-18,21-24,27H,7-16,19-20,25-26H2,1-6H3. The van der Waals surface area contributed by atoms with Gasteiger partial charge in [-0.2, -0.15) is 0 Å². The summed E-state index contributed by atoms with van der Waals surface area (Å²) in [5.74, 6) is 0. The molecule has 3 heteroatoms. The first-order chi connectivity index (χ1) is 18.3. The Morgan fingerprint density at radius 2 is 1.08 bits per heavy atom.